The molecule has 0 aromatic heterocycles. The lowest BCUT2D eigenvalue weighted by Gasteiger charge is -2.25. The highest BCUT2D eigenvalue weighted by molar-refractivity contribution is 5.41. The molecule has 0 N–H and O–H groups in total. The van der Waals surface area contributed by atoms with Crippen LogP contribution in [0.1, 0.15) is 121 Å². The maximum atomic E-state index is 12.7. The van der Waals surface area contributed by atoms with Crippen LogP contribution in [-0.4, -0.2) is 6.67 Å². The Kier molecular flexibility index (Phi) is 13.3. The van der Waals surface area contributed by atoms with Crippen molar-refractivity contribution in [2.75, 3.05) is 6.67 Å². The van der Waals surface area contributed by atoms with Gasteiger partial charge in [0.1, 0.15) is 0 Å². The molecule has 0 aliphatic heterocycles. The van der Waals surface area contributed by atoms with Crippen molar-refractivity contribution < 1.29 is 4.39 Å². The Balaban J connectivity index is 3.15. The average Bonchev–Trinajstić information content (AvgIpc) is 2.71. The lowest BCUT2D eigenvalue weighted by molar-refractivity contribution is 0.433. The molecule has 0 amide bonds. The third kappa shape index (κ3) is 8.94. The first-order chi connectivity index (χ1) is 14.4. The summed E-state index contributed by atoms with van der Waals surface area (Å²) < 4.78 is 12.7. The number of alkyl halides is 1. The molecule has 1 aromatic rings. The molecule has 0 spiro atoms. The van der Waals surface area contributed by atoms with Crippen LogP contribution in [0.2, 0.25) is 0 Å². The first-order valence-corrected chi connectivity index (χ1v) is 12.8. The van der Waals surface area contributed by atoms with E-state index < -0.39 is 0 Å². The predicted octanol–water partition coefficient (Wildman–Crippen LogP) is 9.40. The Morgan fingerprint density at radius 3 is 2.10 bits per heavy atom. The molecule has 0 radical (unpaired) electrons. The van der Waals surface area contributed by atoms with Gasteiger partial charge in [0.15, 0.2) is 0 Å². The van der Waals surface area contributed by atoms with E-state index in [1.165, 1.54) is 59.9 Å². The average molecular weight is 417 g/mol. The van der Waals surface area contributed by atoms with Gasteiger partial charge in [-0.2, -0.15) is 0 Å². The van der Waals surface area contributed by atoms with E-state index in [4.69, 9.17) is 0 Å². The summed E-state index contributed by atoms with van der Waals surface area (Å²) in [6.45, 7) is 18.2. The summed E-state index contributed by atoms with van der Waals surface area (Å²) in [6, 6.07) is 5.00. The highest BCUT2D eigenvalue weighted by Crippen LogP contribution is 2.34. The number of rotatable bonds is 16. The maximum absolute atomic E-state index is 12.7. The van der Waals surface area contributed by atoms with E-state index in [9.17, 15) is 4.39 Å². The second-order valence-electron chi connectivity index (χ2n) is 9.82. The Bertz CT molecular complexity index is 613. The summed E-state index contributed by atoms with van der Waals surface area (Å²) in [5.41, 5.74) is 7.48. The van der Waals surface area contributed by atoms with E-state index in [0.717, 1.165) is 38.0 Å². The van der Waals surface area contributed by atoms with Crippen molar-refractivity contribution in [3.8, 4) is 0 Å². The molecular formula is C29H49F. The second-order valence-corrected chi connectivity index (χ2v) is 9.82. The van der Waals surface area contributed by atoms with Crippen molar-refractivity contribution in [3.05, 3.63) is 46.5 Å². The number of aryl methyl sites for hydroxylation is 3. The van der Waals surface area contributed by atoms with Crippen LogP contribution < -0.4 is 0 Å². The molecule has 1 rings (SSSR count). The van der Waals surface area contributed by atoms with E-state index in [-0.39, 0.29) is 6.67 Å². The van der Waals surface area contributed by atoms with Crippen molar-refractivity contribution in [1.82, 2.24) is 0 Å². The largest absolute Gasteiger partial charge is 0.251 e. The van der Waals surface area contributed by atoms with Gasteiger partial charge in [0.2, 0.25) is 0 Å². The lowest BCUT2D eigenvalue weighted by Crippen LogP contribution is -2.11. The second kappa shape index (κ2) is 14.8. The third-order valence-electron chi connectivity index (χ3n) is 6.54. The molecule has 0 saturated carbocycles. The van der Waals surface area contributed by atoms with Gasteiger partial charge in [-0.1, -0.05) is 78.7 Å². The standard InChI is InChI=1S/C29H49F/c1-8-11-15-27-21-29(24(7)19-23(6)25(10-3)18-22(4)5)28(14-9-2)20-26(27)16-12-13-17-30/h20-22,24-25H,6,8-19H2,1-5,7H3. The van der Waals surface area contributed by atoms with Crippen LogP contribution in [0.15, 0.2) is 24.3 Å². The molecule has 172 valence electrons. The van der Waals surface area contributed by atoms with Crippen LogP contribution in [0.3, 0.4) is 0 Å². The molecule has 0 aliphatic rings. The zero-order valence-corrected chi connectivity index (χ0v) is 21.0. The van der Waals surface area contributed by atoms with Crippen LogP contribution >= 0.6 is 0 Å². The summed E-state index contributed by atoms with van der Waals surface area (Å²) in [4.78, 5) is 0. The molecule has 1 heteroatoms. The number of halogens is 1. The van der Waals surface area contributed by atoms with Gasteiger partial charge in [-0.25, -0.2) is 0 Å². The van der Waals surface area contributed by atoms with Gasteiger partial charge in [-0.3, -0.25) is 4.39 Å². The topological polar surface area (TPSA) is 0 Å². The van der Waals surface area contributed by atoms with Crippen LogP contribution in [0.4, 0.5) is 4.39 Å². The molecular weight excluding hydrogens is 367 g/mol. The fourth-order valence-electron chi connectivity index (χ4n) is 4.81. The quantitative estimate of drug-likeness (QED) is 0.186. The van der Waals surface area contributed by atoms with Crippen LogP contribution in [0.5, 0.6) is 0 Å². The first kappa shape index (κ1) is 26.9. The normalized spacial score (nSPS) is 13.6. The van der Waals surface area contributed by atoms with Crippen LogP contribution in [0, 0.1) is 11.8 Å². The van der Waals surface area contributed by atoms with Gasteiger partial charge in [-0.15, -0.1) is 0 Å². The van der Waals surface area contributed by atoms with Crippen molar-refractivity contribution >= 4 is 0 Å². The summed E-state index contributed by atoms with van der Waals surface area (Å²) in [6.07, 6.45) is 12.1. The van der Waals surface area contributed by atoms with Gasteiger partial charge in [0.05, 0.1) is 6.67 Å². The Hall–Kier alpha value is -1.11. The van der Waals surface area contributed by atoms with Crippen molar-refractivity contribution in [1.29, 1.82) is 0 Å². The molecule has 1 aromatic carbocycles. The lowest BCUT2D eigenvalue weighted by atomic mass is 9.80. The highest BCUT2D eigenvalue weighted by atomic mass is 19.1. The summed E-state index contributed by atoms with van der Waals surface area (Å²) in [5.74, 6) is 1.88. The Labute approximate surface area is 187 Å². The van der Waals surface area contributed by atoms with Gasteiger partial charge >= 0.3 is 0 Å². The zero-order valence-electron chi connectivity index (χ0n) is 21.0. The molecule has 0 saturated heterocycles. The van der Waals surface area contributed by atoms with E-state index in [2.05, 4.69) is 60.3 Å². The van der Waals surface area contributed by atoms with E-state index in [1.807, 2.05) is 0 Å². The number of benzene rings is 1. The van der Waals surface area contributed by atoms with E-state index in [0.29, 0.717) is 18.3 Å². The summed E-state index contributed by atoms with van der Waals surface area (Å²) >= 11 is 0. The molecule has 0 aliphatic carbocycles. The van der Waals surface area contributed by atoms with Gasteiger partial charge in [0, 0.05) is 0 Å². The SMILES string of the molecule is C=C(CC(C)c1cc(CCCC)c(CCCCF)cc1CCC)C(CC)CC(C)C. The van der Waals surface area contributed by atoms with E-state index in [1.54, 1.807) is 0 Å². The molecule has 0 nitrogen and oxygen atoms in total. The number of hydrogen-bond donors (Lipinski definition) is 0. The Morgan fingerprint density at radius 2 is 1.53 bits per heavy atom. The molecule has 30 heavy (non-hydrogen) atoms. The fraction of sp³-hybridized carbons (Fsp3) is 0.724. The highest BCUT2D eigenvalue weighted by Gasteiger charge is 2.19. The van der Waals surface area contributed by atoms with Gasteiger partial charge in [-0.05, 0) is 97.8 Å². The van der Waals surface area contributed by atoms with Crippen LogP contribution in [0.25, 0.3) is 0 Å². The molecule has 0 bridgehead atoms. The molecule has 0 fully saturated rings. The first-order valence-electron chi connectivity index (χ1n) is 12.8. The molecule has 2 unspecified atom stereocenters. The molecule has 0 heterocycles. The Morgan fingerprint density at radius 1 is 0.867 bits per heavy atom. The fourth-order valence-corrected chi connectivity index (χ4v) is 4.81. The van der Waals surface area contributed by atoms with Gasteiger partial charge < -0.3 is 0 Å². The third-order valence-corrected chi connectivity index (χ3v) is 6.54. The van der Waals surface area contributed by atoms with Crippen molar-refractivity contribution in [2.45, 2.75) is 118 Å². The van der Waals surface area contributed by atoms with Gasteiger partial charge in [0.25, 0.3) is 0 Å². The van der Waals surface area contributed by atoms with Crippen molar-refractivity contribution in [3.63, 3.8) is 0 Å². The minimum atomic E-state index is -0.196. The summed E-state index contributed by atoms with van der Waals surface area (Å²) in [7, 11) is 0. The number of allylic oxidation sites excluding steroid dienone is 1. The van der Waals surface area contributed by atoms with Crippen LogP contribution in [-0.2, 0) is 19.3 Å². The van der Waals surface area contributed by atoms with Crippen molar-refractivity contribution in [2.24, 2.45) is 11.8 Å². The maximum Gasteiger partial charge on any atom is 0.0894 e. The minimum absolute atomic E-state index is 0.196. The van der Waals surface area contributed by atoms with E-state index >= 15 is 0 Å². The summed E-state index contributed by atoms with van der Waals surface area (Å²) in [5, 5.41) is 0. The predicted molar refractivity (Wildman–Crippen MR) is 133 cm³/mol. The minimum Gasteiger partial charge on any atom is -0.251 e. The molecule has 2 atom stereocenters. The smallest absolute Gasteiger partial charge is 0.0894 e. The zero-order chi connectivity index (χ0) is 22.5. The monoisotopic (exact) mass is 416 g/mol. The number of unbranched alkanes of at least 4 members (excludes halogenated alkanes) is 2. The number of hydrogen-bond acceptors (Lipinski definition) is 0.